The molecule has 8 nitrogen and oxygen atoms in total. The number of fused-ring (bicyclic) bond motifs is 1. The van der Waals surface area contributed by atoms with Gasteiger partial charge in [0.25, 0.3) is 0 Å². The smallest absolute Gasteiger partial charge is 0.310 e. The van der Waals surface area contributed by atoms with Gasteiger partial charge < -0.3 is 24.7 Å². The number of nitrogens with zero attached hydrogens (tertiary/aromatic N) is 2. The van der Waals surface area contributed by atoms with Crippen LogP contribution in [0.1, 0.15) is 72.6 Å². The molecular weight excluding hydrogens is 436 g/mol. The SMILES string of the molecule is C=CCN(CCCCC)C(=O)C1N([C@@H](CO)[C@@H](C)CC)C(=O)[C@@H]2[C@H](C(=O)O)[C@]3(CC)CCC12O3. The van der Waals surface area contributed by atoms with E-state index in [-0.39, 0.29) is 24.3 Å². The molecule has 0 aromatic rings. The first-order valence-corrected chi connectivity index (χ1v) is 12.9. The lowest BCUT2D eigenvalue weighted by Gasteiger charge is -2.41. The van der Waals surface area contributed by atoms with Gasteiger partial charge in [-0.1, -0.05) is 53.0 Å². The average molecular weight is 479 g/mol. The maximum absolute atomic E-state index is 14.2. The Hall–Kier alpha value is -1.93. The minimum Gasteiger partial charge on any atom is -0.481 e. The van der Waals surface area contributed by atoms with E-state index in [4.69, 9.17) is 4.74 Å². The minimum atomic E-state index is -1.18. The highest BCUT2D eigenvalue weighted by Gasteiger charge is 2.79. The molecule has 192 valence electrons. The molecule has 3 fully saturated rings. The van der Waals surface area contributed by atoms with Gasteiger partial charge in [-0.05, 0) is 31.6 Å². The zero-order chi connectivity index (χ0) is 25.3. The molecule has 2 N–H and O–H groups in total. The van der Waals surface area contributed by atoms with Crippen LogP contribution in [-0.2, 0) is 19.1 Å². The van der Waals surface area contributed by atoms with E-state index in [2.05, 4.69) is 13.5 Å². The topological polar surface area (TPSA) is 107 Å². The Balaban J connectivity index is 2.12. The molecular formula is C26H42N2O6. The van der Waals surface area contributed by atoms with E-state index >= 15 is 0 Å². The van der Waals surface area contributed by atoms with Crippen LogP contribution >= 0.6 is 0 Å². The van der Waals surface area contributed by atoms with E-state index in [0.717, 1.165) is 19.3 Å². The van der Waals surface area contributed by atoms with Gasteiger partial charge in [-0.15, -0.1) is 6.58 Å². The third kappa shape index (κ3) is 3.96. The fraction of sp³-hybridized carbons (Fsp3) is 0.808. The number of unbranched alkanes of at least 4 members (excludes halogenated alkanes) is 2. The summed E-state index contributed by atoms with van der Waals surface area (Å²) in [7, 11) is 0. The van der Waals surface area contributed by atoms with E-state index < -0.39 is 41.1 Å². The Morgan fingerprint density at radius 2 is 2.00 bits per heavy atom. The Labute approximate surface area is 203 Å². The fourth-order valence-electron chi connectivity index (χ4n) is 6.66. The zero-order valence-electron chi connectivity index (χ0n) is 21.2. The number of carboxylic acid groups (broad SMARTS) is 1. The van der Waals surface area contributed by atoms with E-state index in [1.54, 1.807) is 11.0 Å². The van der Waals surface area contributed by atoms with Crippen LogP contribution in [0.5, 0.6) is 0 Å². The molecule has 1 spiro atoms. The second-order valence-corrected chi connectivity index (χ2v) is 10.3. The number of likely N-dealkylation sites (tertiary alicyclic amines) is 1. The van der Waals surface area contributed by atoms with Crippen molar-refractivity contribution in [2.75, 3.05) is 19.7 Å². The number of carbonyl (C=O) groups is 3. The van der Waals surface area contributed by atoms with Gasteiger partial charge in [-0.3, -0.25) is 14.4 Å². The van der Waals surface area contributed by atoms with Gasteiger partial charge in [-0.2, -0.15) is 0 Å². The number of carboxylic acids is 1. The van der Waals surface area contributed by atoms with Crippen LogP contribution in [-0.4, -0.2) is 80.8 Å². The molecule has 2 amide bonds. The first-order valence-electron chi connectivity index (χ1n) is 12.9. The lowest BCUT2D eigenvalue weighted by molar-refractivity contribution is -0.161. The molecule has 3 rings (SSSR count). The number of hydrogen-bond donors (Lipinski definition) is 2. The zero-order valence-corrected chi connectivity index (χ0v) is 21.2. The number of aliphatic hydroxyl groups is 1. The van der Waals surface area contributed by atoms with Crippen molar-refractivity contribution in [1.29, 1.82) is 0 Å². The quantitative estimate of drug-likeness (QED) is 0.311. The predicted molar refractivity (Wildman–Crippen MR) is 128 cm³/mol. The van der Waals surface area contributed by atoms with Crippen LogP contribution in [0.15, 0.2) is 12.7 Å². The number of amides is 2. The molecule has 3 saturated heterocycles. The molecule has 0 aliphatic carbocycles. The third-order valence-corrected chi connectivity index (χ3v) is 8.66. The van der Waals surface area contributed by atoms with Gasteiger partial charge in [0.2, 0.25) is 11.8 Å². The second kappa shape index (κ2) is 10.4. The van der Waals surface area contributed by atoms with Crippen molar-refractivity contribution in [3.8, 4) is 0 Å². The van der Waals surface area contributed by atoms with E-state index in [9.17, 15) is 24.6 Å². The van der Waals surface area contributed by atoms with Crippen molar-refractivity contribution in [2.24, 2.45) is 17.8 Å². The second-order valence-electron chi connectivity index (χ2n) is 10.3. The molecule has 0 aromatic carbocycles. The Morgan fingerprint density at radius 3 is 2.53 bits per heavy atom. The summed E-state index contributed by atoms with van der Waals surface area (Å²) in [6.07, 6.45) is 6.65. The van der Waals surface area contributed by atoms with Crippen molar-refractivity contribution in [3.63, 3.8) is 0 Å². The molecule has 0 saturated carbocycles. The van der Waals surface area contributed by atoms with Crippen molar-refractivity contribution in [1.82, 2.24) is 9.80 Å². The summed E-state index contributed by atoms with van der Waals surface area (Å²) >= 11 is 0. The van der Waals surface area contributed by atoms with Crippen LogP contribution in [0.25, 0.3) is 0 Å². The highest BCUT2D eigenvalue weighted by atomic mass is 16.5. The molecule has 3 heterocycles. The molecule has 3 aliphatic heterocycles. The first kappa shape index (κ1) is 26.7. The fourth-order valence-corrected chi connectivity index (χ4v) is 6.66. The largest absolute Gasteiger partial charge is 0.481 e. The van der Waals surface area contributed by atoms with E-state index in [0.29, 0.717) is 38.8 Å². The summed E-state index contributed by atoms with van der Waals surface area (Å²) in [5, 5.41) is 20.5. The Bertz CT molecular complexity index is 802. The number of aliphatic hydroxyl groups excluding tert-OH is 1. The predicted octanol–water partition coefficient (Wildman–Crippen LogP) is 2.84. The van der Waals surface area contributed by atoms with Gasteiger partial charge in [0.05, 0.1) is 24.2 Å². The molecule has 2 bridgehead atoms. The monoisotopic (exact) mass is 478 g/mol. The average Bonchev–Trinajstić information content (AvgIpc) is 3.42. The van der Waals surface area contributed by atoms with Gasteiger partial charge in [0, 0.05) is 13.1 Å². The molecule has 3 aliphatic rings. The van der Waals surface area contributed by atoms with Crippen LogP contribution in [0.2, 0.25) is 0 Å². The maximum Gasteiger partial charge on any atom is 0.310 e. The number of hydrogen-bond acceptors (Lipinski definition) is 5. The molecule has 0 aromatic heterocycles. The number of ether oxygens (including phenoxy) is 1. The summed E-state index contributed by atoms with van der Waals surface area (Å²) in [5.41, 5.74) is -2.12. The van der Waals surface area contributed by atoms with Gasteiger partial charge in [0.1, 0.15) is 17.6 Å². The Kier molecular flexibility index (Phi) is 8.13. The summed E-state index contributed by atoms with van der Waals surface area (Å²) in [4.78, 5) is 43.9. The van der Waals surface area contributed by atoms with Gasteiger partial charge in [0.15, 0.2) is 0 Å². The highest BCUT2D eigenvalue weighted by molar-refractivity contribution is 5.98. The van der Waals surface area contributed by atoms with Crippen molar-refractivity contribution in [3.05, 3.63) is 12.7 Å². The molecule has 2 unspecified atom stereocenters. The number of rotatable bonds is 13. The van der Waals surface area contributed by atoms with Crippen LogP contribution in [0.4, 0.5) is 0 Å². The lowest BCUT2D eigenvalue weighted by atomic mass is 9.65. The normalized spacial score (nSPS) is 33.6. The van der Waals surface area contributed by atoms with Crippen molar-refractivity contribution >= 4 is 17.8 Å². The third-order valence-electron chi connectivity index (χ3n) is 8.66. The number of carbonyl (C=O) groups excluding carboxylic acids is 2. The van der Waals surface area contributed by atoms with Crippen LogP contribution in [0.3, 0.4) is 0 Å². The summed E-state index contributed by atoms with van der Waals surface area (Å²) in [5.74, 6) is -3.63. The van der Waals surface area contributed by atoms with Crippen LogP contribution in [0, 0.1) is 17.8 Å². The van der Waals surface area contributed by atoms with Crippen molar-refractivity contribution in [2.45, 2.75) is 95.9 Å². The Morgan fingerprint density at radius 1 is 1.29 bits per heavy atom. The van der Waals surface area contributed by atoms with Gasteiger partial charge in [-0.25, -0.2) is 0 Å². The van der Waals surface area contributed by atoms with Crippen LogP contribution < -0.4 is 0 Å². The molecule has 8 heteroatoms. The first-order chi connectivity index (χ1) is 16.2. The summed E-state index contributed by atoms with van der Waals surface area (Å²) in [6, 6.07) is -1.53. The minimum absolute atomic E-state index is 0.0620. The molecule has 7 atom stereocenters. The molecule has 34 heavy (non-hydrogen) atoms. The van der Waals surface area contributed by atoms with Crippen molar-refractivity contribution < 1.29 is 29.3 Å². The number of aliphatic carboxylic acids is 1. The standard InChI is InChI=1S/C26H42N2O6/c1-6-10-11-15-27(14-7-2)23(31)21-26-13-12-25(9-4,34-26)20(24(32)33)19(26)22(30)28(21)18(16-29)17(5)8-3/h7,17-21,29H,2,6,8-16H2,1,3-5H3,(H,32,33)/t17-,18-,19-,20+,21?,25-,26?/m0/s1. The summed E-state index contributed by atoms with van der Waals surface area (Å²) < 4.78 is 6.59. The lowest BCUT2D eigenvalue weighted by Crippen LogP contribution is -2.60. The van der Waals surface area contributed by atoms with E-state index in [1.807, 2.05) is 20.8 Å². The molecule has 0 radical (unpaired) electrons. The van der Waals surface area contributed by atoms with E-state index in [1.165, 1.54) is 4.90 Å². The van der Waals surface area contributed by atoms with Gasteiger partial charge >= 0.3 is 5.97 Å². The highest BCUT2D eigenvalue weighted by Crippen LogP contribution is 2.64. The maximum atomic E-state index is 14.2. The summed E-state index contributed by atoms with van der Waals surface area (Å²) in [6.45, 7) is 12.3.